The van der Waals surface area contributed by atoms with E-state index in [9.17, 15) is 9.59 Å². The molecule has 2 amide bonds. The van der Waals surface area contributed by atoms with E-state index in [1.54, 1.807) is 36.4 Å². The van der Waals surface area contributed by atoms with Crippen LogP contribution in [-0.4, -0.2) is 16.0 Å². The Hall–Kier alpha value is -2.15. The summed E-state index contributed by atoms with van der Waals surface area (Å²) in [7, 11) is 0. The maximum atomic E-state index is 12.8. The molecule has 4 rings (SSSR count). The number of benzene rings is 3. The number of rotatable bonds is 6. The van der Waals surface area contributed by atoms with Gasteiger partial charge in [0.1, 0.15) is 6.61 Å². The van der Waals surface area contributed by atoms with Gasteiger partial charge in [0, 0.05) is 15.6 Å². The van der Waals surface area contributed by atoms with E-state index in [2.05, 4.69) is 0 Å². The fourth-order valence-electron chi connectivity index (χ4n) is 3.25. The van der Waals surface area contributed by atoms with Gasteiger partial charge in [-0.15, -0.1) is 0 Å². The van der Waals surface area contributed by atoms with E-state index >= 15 is 0 Å². The summed E-state index contributed by atoms with van der Waals surface area (Å²) in [6.07, 6.45) is 1.59. The quantitative estimate of drug-likeness (QED) is 0.288. The molecular weight excluding hydrogens is 536 g/mol. The molecule has 0 spiro atoms. The summed E-state index contributed by atoms with van der Waals surface area (Å²) in [6, 6.07) is 16.0. The SMILES string of the molecule is Cc1ccc(CN2C(=O)S/C(=C\c3cc(Cl)c(OCc4ccc(Cl)cc4Cl)c(Cl)c3)C2=O)cc1. The van der Waals surface area contributed by atoms with E-state index < -0.39 is 0 Å². The largest absolute Gasteiger partial charge is 0.486 e. The van der Waals surface area contributed by atoms with Crippen molar-refractivity contribution in [3.63, 3.8) is 0 Å². The van der Waals surface area contributed by atoms with Crippen LogP contribution in [0.3, 0.4) is 0 Å². The van der Waals surface area contributed by atoms with Crippen molar-refractivity contribution in [2.75, 3.05) is 0 Å². The lowest BCUT2D eigenvalue weighted by atomic mass is 10.1. The number of thioether (sulfide) groups is 1. The van der Waals surface area contributed by atoms with E-state index in [-0.39, 0.29) is 34.3 Å². The smallest absolute Gasteiger partial charge is 0.293 e. The third-order valence-electron chi connectivity index (χ3n) is 5.04. The molecule has 0 aromatic heterocycles. The lowest BCUT2D eigenvalue weighted by molar-refractivity contribution is -0.123. The second-order valence-corrected chi connectivity index (χ2v) is 10.2. The lowest BCUT2D eigenvalue weighted by Gasteiger charge is -2.13. The van der Waals surface area contributed by atoms with Crippen LogP contribution in [0.15, 0.2) is 59.5 Å². The van der Waals surface area contributed by atoms with Crippen LogP contribution in [0.4, 0.5) is 4.79 Å². The summed E-state index contributed by atoms with van der Waals surface area (Å²) < 4.78 is 5.78. The third-order valence-corrected chi connectivity index (χ3v) is 7.10. The Morgan fingerprint density at radius 1 is 0.912 bits per heavy atom. The van der Waals surface area contributed by atoms with Crippen LogP contribution in [0.5, 0.6) is 5.75 Å². The van der Waals surface area contributed by atoms with Gasteiger partial charge in [-0.3, -0.25) is 14.5 Å². The molecule has 3 aromatic rings. The average molecular weight is 553 g/mol. The topological polar surface area (TPSA) is 46.6 Å². The minimum absolute atomic E-state index is 0.146. The molecule has 174 valence electrons. The highest BCUT2D eigenvalue weighted by Crippen LogP contribution is 2.38. The Bertz CT molecular complexity index is 1290. The maximum absolute atomic E-state index is 12.8. The van der Waals surface area contributed by atoms with E-state index in [0.717, 1.165) is 28.5 Å². The van der Waals surface area contributed by atoms with Gasteiger partial charge in [-0.25, -0.2) is 0 Å². The number of hydrogen-bond acceptors (Lipinski definition) is 4. The summed E-state index contributed by atoms with van der Waals surface area (Å²) in [6.45, 7) is 2.34. The molecule has 1 aliphatic heterocycles. The minimum Gasteiger partial charge on any atom is -0.486 e. The lowest BCUT2D eigenvalue weighted by Crippen LogP contribution is -2.27. The van der Waals surface area contributed by atoms with Crippen LogP contribution < -0.4 is 4.74 Å². The number of hydrogen-bond donors (Lipinski definition) is 0. The normalized spacial score (nSPS) is 14.9. The van der Waals surface area contributed by atoms with Crippen LogP contribution in [-0.2, 0) is 17.9 Å². The van der Waals surface area contributed by atoms with Gasteiger partial charge in [-0.05, 0) is 60.2 Å². The molecule has 0 N–H and O–H groups in total. The first-order valence-electron chi connectivity index (χ1n) is 10.1. The molecule has 0 unspecified atom stereocenters. The second kappa shape index (κ2) is 10.6. The molecule has 0 bridgehead atoms. The second-order valence-electron chi connectivity index (χ2n) is 7.59. The van der Waals surface area contributed by atoms with Crippen molar-refractivity contribution < 1.29 is 14.3 Å². The highest BCUT2D eigenvalue weighted by molar-refractivity contribution is 8.18. The molecule has 0 radical (unpaired) electrons. The summed E-state index contributed by atoms with van der Waals surface area (Å²) in [5.41, 5.74) is 3.29. The Kier molecular flexibility index (Phi) is 7.80. The van der Waals surface area contributed by atoms with E-state index in [1.807, 2.05) is 31.2 Å². The number of imide groups is 1. The predicted octanol–water partition coefficient (Wildman–Crippen LogP) is 8.42. The zero-order valence-corrected chi connectivity index (χ0v) is 21.6. The Labute approximate surface area is 221 Å². The van der Waals surface area contributed by atoms with Crippen LogP contribution in [0.25, 0.3) is 6.08 Å². The zero-order valence-electron chi connectivity index (χ0n) is 17.8. The van der Waals surface area contributed by atoms with Gasteiger partial charge in [-0.1, -0.05) is 82.3 Å². The first kappa shape index (κ1) is 25.0. The van der Waals surface area contributed by atoms with Crippen LogP contribution in [0.2, 0.25) is 20.1 Å². The average Bonchev–Trinajstić information content (AvgIpc) is 3.03. The van der Waals surface area contributed by atoms with Gasteiger partial charge < -0.3 is 4.74 Å². The third kappa shape index (κ3) is 5.73. The molecule has 0 saturated carbocycles. The molecule has 1 heterocycles. The van der Waals surface area contributed by atoms with Gasteiger partial charge in [0.25, 0.3) is 11.1 Å². The maximum Gasteiger partial charge on any atom is 0.293 e. The summed E-state index contributed by atoms with van der Waals surface area (Å²) in [5.74, 6) is -0.0699. The van der Waals surface area contributed by atoms with Gasteiger partial charge >= 0.3 is 0 Å². The molecule has 0 atom stereocenters. The number of ether oxygens (including phenoxy) is 1. The number of aryl methyl sites for hydroxylation is 1. The summed E-state index contributed by atoms with van der Waals surface area (Å²) >= 11 is 25.8. The Balaban J connectivity index is 1.50. The number of carbonyl (C=O) groups is 2. The highest BCUT2D eigenvalue weighted by atomic mass is 35.5. The van der Waals surface area contributed by atoms with Crippen molar-refractivity contribution in [3.05, 3.63) is 102 Å². The van der Waals surface area contributed by atoms with Crippen molar-refractivity contribution >= 4 is 75.4 Å². The van der Waals surface area contributed by atoms with Crippen molar-refractivity contribution in [1.82, 2.24) is 4.90 Å². The molecule has 0 aliphatic carbocycles. The highest BCUT2D eigenvalue weighted by Gasteiger charge is 2.35. The fourth-order valence-corrected chi connectivity index (χ4v) is 5.17. The molecule has 9 heteroatoms. The monoisotopic (exact) mass is 551 g/mol. The molecular formula is C25H17Cl4NO3S. The minimum atomic E-state index is -0.361. The van der Waals surface area contributed by atoms with Gasteiger partial charge in [0.2, 0.25) is 0 Å². The number of halogens is 4. The van der Waals surface area contributed by atoms with Crippen LogP contribution in [0.1, 0.15) is 22.3 Å². The van der Waals surface area contributed by atoms with E-state index in [4.69, 9.17) is 51.1 Å². The first-order valence-corrected chi connectivity index (χ1v) is 12.4. The fraction of sp³-hybridized carbons (Fsp3) is 0.120. The van der Waals surface area contributed by atoms with Gasteiger partial charge in [0.05, 0.1) is 21.5 Å². The first-order chi connectivity index (χ1) is 16.2. The van der Waals surface area contributed by atoms with Crippen molar-refractivity contribution in [2.45, 2.75) is 20.1 Å². The summed E-state index contributed by atoms with van der Waals surface area (Å²) in [4.78, 5) is 26.8. The van der Waals surface area contributed by atoms with Crippen molar-refractivity contribution in [2.24, 2.45) is 0 Å². The molecule has 1 fully saturated rings. The molecule has 1 saturated heterocycles. The van der Waals surface area contributed by atoms with Crippen molar-refractivity contribution in [3.8, 4) is 5.75 Å². The number of amides is 2. The molecule has 34 heavy (non-hydrogen) atoms. The van der Waals surface area contributed by atoms with Gasteiger partial charge in [0.15, 0.2) is 5.75 Å². The number of carbonyl (C=O) groups excluding carboxylic acids is 2. The zero-order chi connectivity index (χ0) is 24.4. The standard InChI is InChI=1S/C25H17Cl4NO3S/c1-14-2-4-15(5-3-14)12-30-24(31)22(34-25(30)32)10-16-8-20(28)23(21(29)9-16)33-13-17-6-7-18(26)11-19(17)27/h2-11H,12-13H2,1H3/b22-10-. The van der Waals surface area contributed by atoms with E-state index in [1.165, 1.54) is 4.90 Å². The number of nitrogens with zero attached hydrogens (tertiary/aromatic N) is 1. The van der Waals surface area contributed by atoms with Gasteiger partial charge in [-0.2, -0.15) is 0 Å². The Morgan fingerprint density at radius 3 is 2.24 bits per heavy atom. The molecule has 3 aromatic carbocycles. The Morgan fingerprint density at radius 2 is 1.59 bits per heavy atom. The predicted molar refractivity (Wildman–Crippen MR) is 140 cm³/mol. The van der Waals surface area contributed by atoms with Crippen LogP contribution in [0, 0.1) is 6.92 Å². The summed E-state index contributed by atoms with van der Waals surface area (Å²) in [5, 5.41) is 1.20. The van der Waals surface area contributed by atoms with Crippen LogP contribution >= 0.6 is 58.2 Å². The van der Waals surface area contributed by atoms with E-state index in [0.29, 0.717) is 26.3 Å². The van der Waals surface area contributed by atoms with Crippen molar-refractivity contribution in [1.29, 1.82) is 0 Å². The molecule has 1 aliphatic rings. The molecule has 4 nitrogen and oxygen atoms in total.